The van der Waals surface area contributed by atoms with Gasteiger partial charge in [0.25, 0.3) is 10.2 Å². The number of aromatic nitrogens is 2. The Kier molecular flexibility index (Phi) is 6.75. The molecule has 1 aromatic rings. The van der Waals surface area contributed by atoms with Crippen LogP contribution in [0, 0.1) is 5.92 Å². The van der Waals surface area contributed by atoms with E-state index in [0.29, 0.717) is 31.1 Å². The number of carbonyl (C=O) groups is 1. The Morgan fingerprint density at radius 3 is 2.71 bits per heavy atom. The van der Waals surface area contributed by atoms with Gasteiger partial charge in [-0.3, -0.25) is 4.79 Å². The molecule has 1 N–H and O–H groups in total. The normalized spacial score (nSPS) is 17.1. The zero-order valence-corrected chi connectivity index (χ0v) is 16.1. The van der Waals surface area contributed by atoms with Crippen molar-refractivity contribution in [3.8, 4) is 0 Å². The number of carbonyl (C=O) groups excluding carboxylic acids is 1. The number of nitrogens with zero attached hydrogens (tertiary/aromatic N) is 4. The molecule has 0 spiro atoms. The predicted octanol–water partition coefficient (Wildman–Crippen LogP) is 1.27. The number of hydrogen-bond donors (Lipinski definition) is 1. The summed E-state index contributed by atoms with van der Waals surface area (Å²) in [6, 6.07) is 0. The molecule has 11 heteroatoms. The van der Waals surface area contributed by atoms with E-state index in [2.05, 4.69) is 22.1 Å². The van der Waals surface area contributed by atoms with Crippen molar-refractivity contribution in [3.63, 3.8) is 0 Å². The second-order valence-electron chi connectivity index (χ2n) is 5.43. The highest BCUT2D eigenvalue weighted by molar-refractivity contribution is 8.01. The summed E-state index contributed by atoms with van der Waals surface area (Å²) in [7, 11) is -0.399. The molecule has 0 aliphatic carbocycles. The molecule has 0 radical (unpaired) electrons. The minimum Gasteiger partial charge on any atom is -0.300 e. The molecule has 8 nitrogen and oxygen atoms in total. The molecule has 0 atom stereocenters. The molecule has 0 saturated carbocycles. The van der Waals surface area contributed by atoms with Crippen molar-refractivity contribution in [2.45, 2.75) is 17.2 Å². The number of piperidine rings is 1. The van der Waals surface area contributed by atoms with Gasteiger partial charge < -0.3 is 5.32 Å². The minimum atomic E-state index is -3.41. The van der Waals surface area contributed by atoms with Crippen LogP contribution in [-0.2, 0) is 15.0 Å². The van der Waals surface area contributed by atoms with Crippen molar-refractivity contribution in [2.75, 3.05) is 38.3 Å². The molecular formula is C13H21N5O3S3. The maximum atomic E-state index is 12.3. The van der Waals surface area contributed by atoms with Crippen molar-refractivity contribution in [3.05, 3.63) is 12.7 Å². The molecule has 1 aliphatic rings. The number of anilines is 1. The summed E-state index contributed by atoms with van der Waals surface area (Å²) < 4.78 is 27.5. The Morgan fingerprint density at radius 2 is 2.12 bits per heavy atom. The molecule has 0 bridgehead atoms. The molecular weight excluding hydrogens is 370 g/mol. The molecule has 1 saturated heterocycles. The van der Waals surface area contributed by atoms with Gasteiger partial charge in [-0.05, 0) is 12.8 Å². The Balaban J connectivity index is 1.87. The van der Waals surface area contributed by atoms with Crippen LogP contribution in [0.15, 0.2) is 17.0 Å². The third-order valence-electron chi connectivity index (χ3n) is 3.57. The second kappa shape index (κ2) is 8.39. The molecule has 1 aromatic heterocycles. The van der Waals surface area contributed by atoms with Gasteiger partial charge in [0.1, 0.15) is 0 Å². The molecule has 2 rings (SSSR count). The van der Waals surface area contributed by atoms with E-state index in [1.54, 1.807) is 6.08 Å². The molecule has 134 valence electrons. The largest absolute Gasteiger partial charge is 0.300 e. The third-order valence-corrected chi connectivity index (χ3v) is 7.48. The van der Waals surface area contributed by atoms with E-state index < -0.39 is 10.2 Å². The summed E-state index contributed by atoms with van der Waals surface area (Å²) >= 11 is 2.83. The van der Waals surface area contributed by atoms with E-state index in [1.807, 2.05) is 0 Å². The summed E-state index contributed by atoms with van der Waals surface area (Å²) in [4.78, 5) is 12.3. The first kappa shape index (κ1) is 19.3. The van der Waals surface area contributed by atoms with Crippen LogP contribution in [0.25, 0.3) is 0 Å². The van der Waals surface area contributed by atoms with Crippen LogP contribution < -0.4 is 5.32 Å². The van der Waals surface area contributed by atoms with Crippen LogP contribution in [0.3, 0.4) is 0 Å². The maximum absolute atomic E-state index is 12.3. The fraction of sp³-hybridized carbons (Fsp3) is 0.615. The first-order chi connectivity index (χ1) is 11.3. The quantitative estimate of drug-likeness (QED) is 0.427. The van der Waals surface area contributed by atoms with Gasteiger partial charge in [0, 0.05) is 38.9 Å². The highest BCUT2D eigenvalue weighted by Gasteiger charge is 2.32. The smallest absolute Gasteiger partial charge is 0.281 e. The van der Waals surface area contributed by atoms with Crippen molar-refractivity contribution >= 4 is 44.3 Å². The highest BCUT2D eigenvalue weighted by Crippen LogP contribution is 2.27. The lowest BCUT2D eigenvalue weighted by atomic mass is 9.97. The summed E-state index contributed by atoms with van der Waals surface area (Å²) in [5, 5.41) is 11.2. The van der Waals surface area contributed by atoms with E-state index >= 15 is 0 Å². The lowest BCUT2D eigenvalue weighted by Gasteiger charge is -2.31. The Bertz CT molecular complexity index is 681. The Labute approximate surface area is 150 Å². The average Bonchev–Trinajstić information content (AvgIpc) is 3.00. The molecule has 0 aromatic carbocycles. The first-order valence-corrected chi connectivity index (χ1v) is 10.6. The van der Waals surface area contributed by atoms with E-state index in [1.165, 1.54) is 45.8 Å². The second-order valence-corrected chi connectivity index (χ2v) is 9.81. The average molecular weight is 392 g/mol. The number of rotatable bonds is 7. The minimum absolute atomic E-state index is 0.131. The lowest BCUT2D eigenvalue weighted by molar-refractivity contribution is -0.120. The predicted molar refractivity (Wildman–Crippen MR) is 96.4 cm³/mol. The summed E-state index contributed by atoms with van der Waals surface area (Å²) in [5.41, 5.74) is 0. The molecule has 0 unspecified atom stereocenters. The third kappa shape index (κ3) is 4.76. The van der Waals surface area contributed by atoms with Gasteiger partial charge in [-0.2, -0.15) is 17.0 Å². The van der Waals surface area contributed by atoms with Crippen LogP contribution in [0.4, 0.5) is 5.13 Å². The van der Waals surface area contributed by atoms with E-state index in [9.17, 15) is 13.2 Å². The fourth-order valence-electron chi connectivity index (χ4n) is 2.24. The van der Waals surface area contributed by atoms with Crippen LogP contribution >= 0.6 is 23.1 Å². The van der Waals surface area contributed by atoms with E-state index in [4.69, 9.17) is 0 Å². The van der Waals surface area contributed by atoms with Gasteiger partial charge in [0.2, 0.25) is 11.0 Å². The van der Waals surface area contributed by atoms with Crippen LogP contribution in [0.5, 0.6) is 0 Å². The standard InChI is InChI=1S/C13H21N5O3S3/c1-4-9-22-13-16-15-12(23-13)14-11(19)10-5-7-18(8-6-10)24(20,21)17(2)3/h4,10H,1,5-9H2,2-3H3,(H,14,15,19). The maximum Gasteiger partial charge on any atom is 0.281 e. The Hall–Kier alpha value is -1.01. The number of hydrogen-bond acceptors (Lipinski definition) is 7. The zero-order chi connectivity index (χ0) is 17.7. The van der Waals surface area contributed by atoms with Gasteiger partial charge in [-0.25, -0.2) is 0 Å². The van der Waals surface area contributed by atoms with Crippen molar-refractivity contribution in [2.24, 2.45) is 5.92 Å². The highest BCUT2D eigenvalue weighted by atomic mass is 32.2. The summed E-state index contributed by atoms with van der Waals surface area (Å²) in [6.45, 7) is 4.33. The number of thioether (sulfide) groups is 1. The van der Waals surface area contributed by atoms with Gasteiger partial charge in [-0.15, -0.1) is 16.8 Å². The number of nitrogens with one attached hydrogen (secondary N) is 1. The van der Waals surface area contributed by atoms with Crippen molar-refractivity contribution in [1.29, 1.82) is 0 Å². The molecule has 24 heavy (non-hydrogen) atoms. The monoisotopic (exact) mass is 391 g/mol. The van der Waals surface area contributed by atoms with Crippen molar-refractivity contribution < 1.29 is 13.2 Å². The van der Waals surface area contributed by atoms with Crippen LogP contribution in [0.1, 0.15) is 12.8 Å². The molecule has 2 heterocycles. The van der Waals surface area contributed by atoms with Crippen molar-refractivity contribution in [1.82, 2.24) is 18.8 Å². The van der Waals surface area contributed by atoms with Gasteiger partial charge in [0.15, 0.2) is 4.34 Å². The van der Waals surface area contributed by atoms with Gasteiger partial charge in [0.05, 0.1) is 0 Å². The molecule has 1 fully saturated rings. The molecule has 1 aliphatic heterocycles. The summed E-state index contributed by atoms with van der Waals surface area (Å²) in [5.74, 6) is 0.390. The fourth-order valence-corrected chi connectivity index (χ4v) is 4.89. The van der Waals surface area contributed by atoms with E-state index in [0.717, 1.165) is 10.1 Å². The van der Waals surface area contributed by atoms with Crippen LogP contribution in [0.2, 0.25) is 0 Å². The zero-order valence-electron chi connectivity index (χ0n) is 13.6. The SMILES string of the molecule is C=CCSc1nnc(NC(=O)C2CCN(S(=O)(=O)N(C)C)CC2)s1. The first-order valence-electron chi connectivity index (χ1n) is 7.40. The van der Waals surface area contributed by atoms with Crippen LogP contribution in [-0.4, -0.2) is 66.1 Å². The topological polar surface area (TPSA) is 95.5 Å². The van der Waals surface area contributed by atoms with E-state index in [-0.39, 0.29) is 11.8 Å². The molecule has 1 amide bonds. The Morgan fingerprint density at radius 1 is 1.46 bits per heavy atom. The van der Waals surface area contributed by atoms with Gasteiger partial charge in [-0.1, -0.05) is 29.2 Å². The lowest BCUT2D eigenvalue weighted by Crippen LogP contribution is -2.46. The van der Waals surface area contributed by atoms with Gasteiger partial charge >= 0.3 is 0 Å². The summed E-state index contributed by atoms with van der Waals surface area (Å²) in [6.07, 6.45) is 2.77. The number of amides is 1.